The molecule has 2 N–H and O–H groups in total. The lowest BCUT2D eigenvalue weighted by Gasteiger charge is -2.04. The summed E-state index contributed by atoms with van der Waals surface area (Å²) in [5, 5.41) is 9.62. The Kier molecular flexibility index (Phi) is 4.12. The molecule has 0 fully saturated rings. The quantitative estimate of drug-likeness (QED) is 0.838. The van der Waals surface area contributed by atoms with Crippen molar-refractivity contribution >= 4 is 5.91 Å². The number of amides is 1. The van der Waals surface area contributed by atoms with Crippen molar-refractivity contribution in [2.75, 3.05) is 6.54 Å². The van der Waals surface area contributed by atoms with Crippen molar-refractivity contribution in [2.24, 2.45) is 0 Å². The monoisotopic (exact) mass is 243 g/mol. The van der Waals surface area contributed by atoms with E-state index < -0.39 is 0 Å². The average molecular weight is 243 g/mol. The molecule has 1 amide bonds. The molecule has 0 atom stereocenters. The Hall–Kier alpha value is -2.10. The summed E-state index contributed by atoms with van der Waals surface area (Å²) in [7, 11) is 0. The van der Waals surface area contributed by atoms with Crippen molar-refractivity contribution in [3.8, 4) is 0 Å². The summed E-state index contributed by atoms with van der Waals surface area (Å²) in [5.74, 6) is 0.0540. The molecule has 1 aromatic heterocycles. The van der Waals surface area contributed by atoms with Gasteiger partial charge in [0.2, 0.25) is 5.91 Å². The highest BCUT2D eigenvalue weighted by atomic mass is 16.1. The lowest BCUT2D eigenvalue weighted by atomic mass is 10.1. The van der Waals surface area contributed by atoms with Crippen LogP contribution in [0, 0.1) is 6.92 Å². The van der Waals surface area contributed by atoms with Gasteiger partial charge in [-0.1, -0.05) is 29.8 Å². The first-order chi connectivity index (χ1) is 8.74. The van der Waals surface area contributed by atoms with Crippen LogP contribution in [0.5, 0.6) is 0 Å². The number of benzene rings is 1. The number of aryl methyl sites for hydroxylation is 1. The first-order valence-corrected chi connectivity index (χ1v) is 6.04. The van der Waals surface area contributed by atoms with Crippen LogP contribution in [0.15, 0.2) is 36.5 Å². The third-order valence-corrected chi connectivity index (χ3v) is 2.76. The summed E-state index contributed by atoms with van der Waals surface area (Å²) in [4.78, 5) is 11.7. The smallest absolute Gasteiger partial charge is 0.224 e. The highest BCUT2D eigenvalue weighted by molar-refractivity contribution is 5.78. The van der Waals surface area contributed by atoms with Gasteiger partial charge in [-0.3, -0.25) is 9.89 Å². The van der Waals surface area contributed by atoms with E-state index in [2.05, 4.69) is 15.5 Å². The molecule has 94 valence electrons. The van der Waals surface area contributed by atoms with Gasteiger partial charge in [-0.15, -0.1) is 0 Å². The molecule has 0 saturated carbocycles. The molecule has 0 aliphatic carbocycles. The molecule has 0 spiro atoms. The number of carbonyl (C=O) groups is 1. The molecular formula is C14H17N3O. The van der Waals surface area contributed by atoms with E-state index in [-0.39, 0.29) is 5.91 Å². The van der Waals surface area contributed by atoms with Crippen molar-refractivity contribution in [1.29, 1.82) is 0 Å². The highest BCUT2D eigenvalue weighted by Gasteiger charge is 2.03. The summed E-state index contributed by atoms with van der Waals surface area (Å²) in [6.07, 6.45) is 2.92. The standard InChI is InChI=1S/C14H17N3O/c1-11-2-4-12(5-3-11)10-14(18)15-8-6-13-7-9-16-17-13/h2-5,7,9H,6,8,10H2,1H3,(H,15,18)(H,16,17). The van der Waals surface area contributed by atoms with Gasteiger partial charge in [0.05, 0.1) is 6.42 Å². The van der Waals surface area contributed by atoms with Crippen LogP contribution in [0.1, 0.15) is 16.8 Å². The van der Waals surface area contributed by atoms with Crippen molar-refractivity contribution in [2.45, 2.75) is 19.8 Å². The number of nitrogens with zero attached hydrogens (tertiary/aromatic N) is 1. The number of nitrogens with one attached hydrogen (secondary N) is 2. The molecular weight excluding hydrogens is 226 g/mol. The maximum absolute atomic E-state index is 11.7. The molecule has 0 radical (unpaired) electrons. The zero-order valence-electron chi connectivity index (χ0n) is 10.4. The van der Waals surface area contributed by atoms with E-state index in [1.54, 1.807) is 6.20 Å². The second kappa shape index (κ2) is 6.00. The molecule has 4 nitrogen and oxygen atoms in total. The minimum atomic E-state index is 0.0540. The molecule has 1 aromatic carbocycles. The van der Waals surface area contributed by atoms with Gasteiger partial charge in [0, 0.05) is 24.9 Å². The minimum absolute atomic E-state index is 0.0540. The average Bonchev–Trinajstić information content (AvgIpc) is 2.85. The topological polar surface area (TPSA) is 57.8 Å². The lowest BCUT2D eigenvalue weighted by Crippen LogP contribution is -2.27. The third-order valence-electron chi connectivity index (χ3n) is 2.76. The fourth-order valence-electron chi connectivity index (χ4n) is 1.71. The van der Waals surface area contributed by atoms with Crippen LogP contribution >= 0.6 is 0 Å². The molecule has 2 rings (SSSR count). The number of hydrogen-bond donors (Lipinski definition) is 2. The van der Waals surface area contributed by atoms with Crippen LogP contribution in [0.3, 0.4) is 0 Å². The van der Waals surface area contributed by atoms with E-state index in [4.69, 9.17) is 0 Å². The van der Waals surface area contributed by atoms with Gasteiger partial charge in [0.15, 0.2) is 0 Å². The van der Waals surface area contributed by atoms with Gasteiger partial charge >= 0.3 is 0 Å². The minimum Gasteiger partial charge on any atom is -0.355 e. The molecule has 0 aliphatic heterocycles. The lowest BCUT2D eigenvalue weighted by molar-refractivity contribution is -0.120. The normalized spacial score (nSPS) is 10.3. The third kappa shape index (κ3) is 3.73. The molecule has 0 aliphatic rings. The Morgan fingerprint density at radius 3 is 2.72 bits per heavy atom. The van der Waals surface area contributed by atoms with Gasteiger partial charge in [-0.25, -0.2) is 0 Å². The van der Waals surface area contributed by atoms with Crippen molar-refractivity contribution in [3.63, 3.8) is 0 Å². The first kappa shape index (κ1) is 12.4. The van der Waals surface area contributed by atoms with Gasteiger partial charge in [-0.05, 0) is 18.6 Å². The number of rotatable bonds is 5. The second-order valence-corrected chi connectivity index (χ2v) is 4.34. The largest absolute Gasteiger partial charge is 0.355 e. The van der Waals surface area contributed by atoms with E-state index in [1.165, 1.54) is 5.56 Å². The van der Waals surface area contributed by atoms with Gasteiger partial charge < -0.3 is 5.32 Å². The zero-order valence-corrected chi connectivity index (χ0v) is 10.4. The van der Waals surface area contributed by atoms with Gasteiger partial charge in [-0.2, -0.15) is 5.10 Å². The van der Waals surface area contributed by atoms with Gasteiger partial charge in [0.25, 0.3) is 0 Å². The van der Waals surface area contributed by atoms with E-state index in [0.29, 0.717) is 13.0 Å². The Labute approximate surface area is 106 Å². The Balaban J connectivity index is 1.73. The fourth-order valence-corrected chi connectivity index (χ4v) is 1.71. The Bertz CT molecular complexity index is 488. The van der Waals surface area contributed by atoms with Crippen LogP contribution < -0.4 is 5.32 Å². The summed E-state index contributed by atoms with van der Waals surface area (Å²) in [6, 6.07) is 9.93. The molecule has 4 heteroatoms. The van der Waals surface area contributed by atoms with Crippen molar-refractivity contribution < 1.29 is 4.79 Å². The van der Waals surface area contributed by atoms with E-state index >= 15 is 0 Å². The molecule has 0 bridgehead atoms. The summed E-state index contributed by atoms with van der Waals surface area (Å²) in [5.41, 5.74) is 3.28. The maximum atomic E-state index is 11.7. The molecule has 18 heavy (non-hydrogen) atoms. The fraction of sp³-hybridized carbons (Fsp3) is 0.286. The van der Waals surface area contributed by atoms with E-state index in [0.717, 1.165) is 17.7 Å². The Morgan fingerprint density at radius 1 is 1.28 bits per heavy atom. The van der Waals surface area contributed by atoms with E-state index in [9.17, 15) is 4.79 Å². The zero-order chi connectivity index (χ0) is 12.8. The summed E-state index contributed by atoms with van der Waals surface area (Å²) >= 11 is 0. The first-order valence-electron chi connectivity index (χ1n) is 6.04. The van der Waals surface area contributed by atoms with Crippen molar-refractivity contribution in [1.82, 2.24) is 15.5 Å². The molecule has 0 saturated heterocycles. The van der Waals surface area contributed by atoms with E-state index in [1.807, 2.05) is 37.3 Å². The molecule has 2 aromatic rings. The number of aromatic amines is 1. The molecule has 1 heterocycles. The van der Waals surface area contributed by atoms with Gasteiger partial charge in [0.1, 0.15) is 0 Å². The van der Waals surface area contributed by atoms with Crippen LogP contribution in [-0.4, -0.2) is 22.6 Å². The van der Waals surface area contributed by atoms with Crippen LogP contribution in [-0.2, 0) is 17.6 Å². The SMILES string of the molecule is Cc1ccc(CC(=O)NCCc2ccn[nH]2)cc1. The van der Waals surface area contributed by atoms with Crippen LogP contribution in [0.4, 0.5) is 0 Å². The van der Waals surface area contributed by atoms with Crippen LogP contribution in [0.2, 0.25) is 0 Å². The number of aromatic nitrogens is 2. The number of hydrogen-bond acceptors (Lipinski definition) is 2. The Morgan fingerprint density at radius 2 is 2.06 bits per heavy atom. The predicted molar refractivity (Wildman–Crippen MR) is 70.2 cm³/mol. The summed E-state index contributed by atoms with van der Waals surface area (Å²) < 4.78 is 0. The summed E-state index contributed by atoms with van der Waals surface area (Å²) in [6.45, 7) is 2.67. The number of carbonyl (C=O) groups excluding carboxylic acids is 1. The number of H-pyrrole nitrogens is 1. The second-order valence-electron chi connectivity index (χ2n) is 4.34. The molecule has 0 unspecified atom stereocenters. The van der Waals surface area contributed by atoms with Crippen molar-refractivity contribution in [3.05, 3.63) is 53.3 Å². The maximum Gasteiger partial charge on any atom is 0.224 e. The highest BCUT2D eigenvalue weighted by Crippen LogP contribution is 2.03. The predicted octanol–water partition coefficient (Wildman–Crippen LogP) is 1.62. The van der Waals surface area contributed by atoms with Crippen LogP contribution in [0.25, 0.3) is 0 Å².